The number of pyridine rings is 1. The van der Waals surface area contributed by atoms with Crippen molar-refractivity contribution in [1.82, 2.24) is 10.3 Å². The van der Waals surface area contributed by atoms with Crippen molar-refractivity contribution >= 4 is 5.91 Å². The van der Waals surface area contributed by atoms with Crippen LogP contribution in [-0.4, -0.2) is 50.0 Å². The lowest BCUT2D eigenvalue weighted by molar-refractivity contribution is 0.0166. The predicted molar refractivity (Wildman–Crippen MR) is 82.1 cm³/mol. The van der Waals surface area contributed by atoms with Crippen molar-refractivity contribution in [3.63, 3.8) is 0 Å². The van der Waals surface area contributed by atoms with Crippen molar-refractivity contribution in [3.05, 3.63) is 23.9 Å². The van der Waals surface area contributed by atoms with E-state index in [1.807, 2.05) is 6.92 Å². The minimum atomic E-state index is -0.171. The summed E-state index contributed by atoms with van der Waals surface area (Å²) in [6.07, 6.45) is 4.83. The Hall–Kier alpha value is -1.66. The van der Waals surface area contributed by atoms with E-state index in [-0.39, 0.29) is 12.0 Å². The van der Waals surface area contributed by atoms with Gasteiger partial charge in [0.25, 0.3) is 5.91 Å². The normalized spacial score (nSPS) is 17.4. The van der Waals surface area contributed by atoms with Gasteiger partial charge < -0.3 is 19.5 Å². The summed E-state index contributed by atoms with van der Waals surface area (Å²) in [7, 11) is 0. The molecule has 6 heteroatoms. The minimum absolute atomic E-state index is 0.171. The highest BCUT2D eigenvalue weighted by Crippen LogP contribution is 2.14. The zero-order chi connectivity index (χ0) is 15.6. The van der Waals surface area contributed by atoms with Crippen molar-refractivity contribution in [2.75, 3.05) is 33.0 Å². The van der Waals surface area contributed by atoms with E-state index in [4.69, 9.17) is 14.2 Å². The van der Waals surface area contributed by atoms with E-state index < -0.39 is 0 Å². The van der Waals surface area contributed by atoms with Crippen molar-refractivity contribution < 1.29 is 19.0 Å². The third-order valence-electron chi connectivity index (χ3n) is 3.38. The molecule has 1 saturated heterocycles. The molecule has 1 atom stereocenters. The predicted octanol–water partition coefficient (Wildman–Crippen LogP) is 1.80. The third-order valence-corrected chi connectivity index (χ3v) is 3.38. The average Bonchev–Trinajstić information content (AvgIpc) is 3.05. The first kappa shape index (κ1) is 16.7. The molecule has 1 amide bonds. The standard InChI is InChI=1S/C16H24N2O4/c1-2-21-16-14(7-3-8-18-16)15(19)17-9-5-10-20-12-13-6-4-11-22-13/h3,7-8,13H,2,4-6,9-12H2,1H3,(H,17,19). The number of aromatic nitrogens is 1. The average molecular weight is 308 g/mol. The number of hydrogen-bond donors (Lipinski definition) is 1. The molecule has 22 heavy (non-hydrogen) atoms. The Morgan fingerprint density at radius 3 is 3.23 bits per heavy atom. The van der Waals surface area contributed by atoms with E-state index in [0.29, 0.717) is 37.8 Å². The fourth-order valence-corrected chi connectivity index (χ4v) is 2.28. The summed E-state index contributed by atoms with van der Waals surface area (Å²) in [4.78, 5) is 16.2. The lowest BCUT2D eigenvalue weighted by atomic mass is 10.2. The molecule has 0 saturated carbocycles. The van der Waals surface area contributed by atoms with Gasteiger partial charge in [0.15, 0.2) is 0 Å². The Labute approximate surface area is 131 Å². The quantitative estimate of drug-likeness (QED) is 0.704. The van der Waals surface area contributed by atoms with E-state index in [1.165, 1.54) is 0 Å². The molecule has 0 spiro atoms. The molecular weight excluding hydrogens is 284 g/mol. The Bertz CT molecular complexity index is 461. The van der Waals surface area contributed by atoms with Gasteiger partial charge in [0.2, 0.25) is 5.88 Å². The van der Waals surface area contributed by atoms with Crippen molar-refractivity contribution in [1.29, 1.82) is 0 Å². The molecule has 1 fully saturated rings. The van der Waals surface area contributed by atoms with Crippen LogP contribution in [0.25, 0.3) is 0 Å². The smallest absolute Gasteiger partial charge is 0.256 e. The number of nitrogens with zero attached hydrogens (tertiary/aromatic N) is 1. The summed E-state index contributed by atoms with van der Waals surface area (Å²) in [5, 5.41) is 2.86. The number of nitrogens with one attached hydrogen (secondary N) is 1. The molecule has 2 heterocycles. The van der Waals surface area contributed by atoms with E-state index in [1.54, 1.807) is 18.3 Å². The molecule has 0 bridgehead atoms. The van der Waals surface area contributed by atoms with Crippen LogP contribution in [0.4, 0.5) is 0 Å². The number of carbonyl (C=O) groups is 1. The van der Waals surface area contributed by atoms with Crippen LogP contribution >= 0.6 is 0 Å². The van der Waals surface area contributed by atoms with Gasteiger partial charge in [-0.2, -0.15) is 0 Å². The molecule has 1 unspecified atom stereocenters. The van der Waals surface area contributed by atoms with Gasteiger partial charge in [-0.3, -0.25) is 4.79 Å². The SMILES string of the molecule is CCOc1ncccc1C(=O)NCCCOCC1CCCO1. The fraction of sp³-hybridized carbons (Fsp3) is 0.625. The van der Waals surface area contributed by atoms with E-state index >= 15 is 0 Å². The van der Waals surface area contributed by atoms with Gasteiger partial charge >= 0.3 is 0 Å². The van der Waals surface area contributed by atoms with Gasteiger partial charge in [-0.15, -0.1) is 0 Å². The molecule has 122 valence electrons. The van der Waals surface area contributed by atoms with Gasteiger partial charge in [-0.25, -0.2) is 4.98 Å². The van der Waals surface area contributed by atoms with Crippen LogP contribution in [0, 0.1) is 0 Å². The molecule has 2 rings (SSSR count). The molecule has 0 aliphatic carbocycles. The van der Waals surface area contributed by atoms with E-state index in [0.717, 1.165) is 25.9 Å². The van der Waals surface area contributed by atoms with Gasteiger partial charge in [0.1, 0.15) is 5.56 Å². The molecule has 1 aliphatic heterocycles. The molecule has 6 nitrogen and oxygen atoms in total. The van der Waals surface area contributed by atoms with Crippen LogP contribution in [0.3, 0.4) is 0 Å². The summed E-state index contributed by atoms with van der Waals surface area (Å²) in [6.45, 7) is 5.01. The second-order valence-corrected chi connectivity index (χ2v) is 5.11. The molecule has 1 aliphatic rings. The van der Waals surface area contributed by atoms with Crippen molar-refractivity contribution in [2.45, 2.75) is 32.3 Å². The first-order chi connectivity index (χ1) is 10.8. The van der Waals surface area contributed by atoms with Gasteiger partial charge in [0, 0.05) is 26.0 Å². The number of carbonyl (C=O) groups excluding carboxylic acids is 1. The summed E-state index contributed by atoms with van der Waals surface area (Å²) in [5.74, 6) is 0.202. The zero-order valence-corrected chi connectivity index (χ0v) is 13.0. The molecule has 0 aromatic carbocycles. The molecule has 1 N–H and O–H groups in total. The molecular formula is C16H24N2O4. The number of amides is 1. The largest absolute Gasteiger partial charge is 0.477 e. The lowest BCUT2D eigenvalue weighted by Crippen LogP contribution is -2.26. The Kier molecular flexibility index (Phi) is 7.12. The number of rotatable bonds is 9. The van der Waals surface area contributed by atoms with Crippen LogP contribution in [0.1, 0.15) is 36.5 Å². The zero-order valence-electron chi connectivity index (χ0n) is 13.0. The maximum absolute atomic E-state index is 12.1. The summed E-state index contributed by atoms with van der Waals surface area (Å²) >= 11 is 0. The lowest BCUT2D eigenvalue weighted by Gasteiger charge is -2.11. The second-order valence-electron chi connectivity index (χ2n) is 5.11. The van der Waals surface area contributed by atoms with E-state index in [9.17, 15) is 4.79 Å². The van der Waals surface area contributed by atoms with Crippen molar-refractivity contribution in [2.24, 2.45) is 0 Å². The van der Waals surface area contributed by atoms with Gasteiger partial charge in [0.05, 0.1) is 19.3 Å². The Morgan fingerprint density at radius 2 is 2.45 bits per heavy atom. The highest BCUT2D eigenvalue weighted by atomic mass is 16.5. The monoisotopic (exact) mass is 308 g/mol. The van der Waals surface area contributed by atoms with Crippen molar-refractivity contribution in [3.8, 4) is 5.88 Å². The first-order valence-electron chi connectivity index (χ1n) is 7.86. The van der Waals surface area contributed by atoms with Gasteiger partial charge in [-0.05, 0) is 38.3 Å². The maximum atomic E-state index is 12.1. The highest BCUT2D eigenvalue weighted by Gasteiger charge is 2.15. The molecule has 1 aromatic heterocycles. The van der Waals surface area contributed by atoms with Crippen LogP contribution in [0.15, 0.2) is 18.3 Å². The Morgan fingerprint density at radius 1 is 1.55 bits per heavy atom. The summed E-state index contributed by atoms with van der Waals surface area (Å²) in [6, 6.07) is 3.43. The number of ether oxygens (including phenoxy) is 3. The van der Waals surface area contributed by atoms with Crippen LogP contribution in [0.5, 0.6) is 5.88 Å². The van der Waals surface area contributed by atoms with E-state index in [2.05, 4.69) is 10.3 Å². The van der Waals surface area contributed by atoms with Crippen LogP contribution in [0.2, 0.25) is 0 Å². The third kappa shape index (κ3) is 5.27. The molecule has 1 aromatic rings. The first-order valence-corrected chi connectivity index (χ1v) is 7.86. The maximum Gasteiger partial charge on any atom is 0.256 e. The van der Waals surface area contributed by atoms with Crippen LogP contribution < -0.4 is 10.1 Å². The van der Waals surface area contributed by atoms with Gasteiger partial charge in [-0.1, -0.05) is 0 Å². The summed E-state index contributed by atoms with van der Waals surface area (Å²) in [5.41, 5.74) is 0.463. The highest BCUT2D eigenvalue weighted by molar-refractivity contribution is 5.96. The fourth-order valence-electron chi connectivity index (χ4n) is 2.28. The summed E-state index contributed by atoms with van der Waals surface area (Å²) < 4.78 is 16.4. The second kappa shape index (κ2) is 9.38. The Balaban J connectivity index is 1.63. The number of hydrogen-bond acceptors (Lipinski definition) is 5. The topological polar surface area (TPSA) is 69.7 Å². The van der Waals surface area contributed by atoms with Crippen LogP contribution in [-0.2, 0) is 9.47 Å². The minimum Gasteiger partial charge on any atom is -0.477 e. The molecule has 0 radical (unpaired) electrons.